The molecule has 2 nitrogen and oxygen atoms in total. The third-order valence-electron chi connectivity index (χ3n) is 5.43. The minimum atomic E-state index is -0.261. The fourth-order valence-electron chi connectivity index (χ4n) is 3.02. The lowest BCUT2D eigenvalue weighted by Crippen LogP contribution is -2.18. The molecule has 0 aliphatic carbocycles. The summed E-state index contributed by atoms with van der Waals surface area (Å²) in [5.41, 5.74) is 5.24. The Labute approximate surface area is 171 Å². The van der Waals surface area contributed by atoms with Gasteiger partial charge in [-0.05, 0) is 57.6 Å². The standard InChI is InChI=1S/C26H36O2/c1-9-18(2)20-12-10-19(11-13-20)17-28-24(27)21-14-22(25(3,4)5)16-23(15-21)26(6,7)8/h10-16,18H,9,17H2,1-8H3. The lowest BCUT2D eigenvalue weighted by molar-refractivity contribution is 0.0472. The van der Waals surface area contributed by atoms with Crippen LogP contribution in [0.3, 0.4) is 0 Å². The zero-order valence-corrected chi connectivity index (χ0v) is 18.8. The van der Waals surface area contributed by atoms with Crippen molar-refractivity contribution in [1.29, 1.82) is 0 Å². The van der Waals surface area contributed by atoms with E-state index in [1.807, 2.05) is 12.1 Å². The van der Waals surface area contributed by atoms with Crippen molar-refractivity contribution in [3.8, 4) is 0 Å². The number of rotatable bonds is 5. The topological polar surface area (TPSA) is 26.3 Å². The van der Waals surface area contributed by atoms with Gasteiger partial charge >= 0.3 is 5.97 Å². The molecule has 0 heterocycles. The summed E-state index contributed by atoms with van der Waals surface area (Å²) < 4.78 is 5.64. The molecule has 0 bridgehead atoms. The molecule has 0 aliphatic heterocycles. The SMILES string of the molecule is CCC(C)c1ccc(COC(=O)c2cc(C(C)(C)C)cc(C(C)(C)C)c2)cc1. The van der Waals surface area contributed by atoms with E-state index in [-0.39, 0.29) is 16.8 Å². The van der Waals surface area contributed by atoms with E-state index in [0.29, 0.717) is 18.1 Å². The van der Waals surface area contributed by atoms with Crippen molar-refractivity contribution in [2.75, 3.05) is 0 Å². The van der Waals surface area contributed by atoms with Crippen molar-refractivity contribution in [1.82, 2.24) is 0 Å². The van der Waals surface area contributed by atoms with Crippen LogP contribution in [-0.2, 0) is 22.2 Å². The van der Waals surface area contributed by atoms with Crippen LogP contribution in [0.4, 0.5) is 0 Å². The first-order valence-electron chi connectivity index (χ1n) is 10.3. The molecule has 2 rings (SSSR count). The molecule has 2 heteroatoms. The molecule has 1 unspecified atom stereocenters. The van der Waals surface area contributed by atoms with Gasteiger partial charge in [-0.25, -0.2) is 4.79 Å². The first kappa shape index (κ1) is 22.2. The molecule has 28 heavy (non-hydrogen) atoms. The normalized spacial score (nSPS) is 13.3. The average molecular weight is 381 g/mol. The highest BCUT2D eigenvalue weighted by Gasteiger charge is 2.22. The Morgan fingerprint density at radius 3 is 1.82 bits per heavy atom. The molecule has 2 aromatic rings. The quantitative estimate of drug-likeness (QED) is 0.515. The highest BCUT2D eigenvalue weighted by Crippen LogP contribution is 2.30. The lowest BCUT2D eigenvalue weighted by atomic mass is 9.79. The van der Waals surface area contributed by atoms with Crippen LogP contribution >= 0.6 is 0 Å². The molecular weight excluding hydrogens is 344 g/mol. The number of hydrogen-bond donors (Lipinski definition) is 0. The summed E-state index contributed by atoms with van der Waals surface area (Å²) in [6, 6.07) is 14.5. The van der Waals surface area contributed by atoms with Gasteiger partial charge in [-0.15, -0.1) is 0 Å². The number of carbonyl (C=O) groups excluding carboxylic acids is 1. The zero-order valence-electron chi connectivity index (χ0n) is 18.8. The van der Waals surface area contributed by atoms with E-state index in [1.165, 1.54) is 5.56 Å². The van der Waals surface area contributed by atoms with Crippen molar-refractivity contribution < 1.29 is 9.53 Å². The van der Waals surface area contributed by atoms with E-state index in [0.717, 1.165) is 23.1 Å². The fraction of sp³-hybridized carbons (Fsp3) is 0.500. The maximum Gasteiger partial charge on any atom is 0.338 e. The van der Waals surface area contributed by atoms with Gasteiger partial charge in [0.25, 0.3) is 0 Å². The molecule has 0 aromatic heterocycles. The largest absolute Gasteiger partial charge is 0.457 e. The second-order valence-corrected chi connectivity index (χ2v) is 9.93. The number of hydrogen-bond acceptors (Lipinski definition) is 2. The van der Waals surface area contributed by atoms with Crippen LogP contribution in [0.15, 0.2) is 42.5 Å². The molecule has 0 spiro atoms. The Morgan fingerprint density at radius 1 is 0.893 bits per heavy atom. The second-order valence-electron chi connectivity index (χ2n) is 9.93. The van der Waals surface area contributed by atoms with E-state index >= 15 is 0 Å². The smallest absolute Gasteiger partial charge is 0.338 e. The highest BCUT2D eigenvalue weighted by atomic mass is 16.5. The van der Waals surface area contributed by atoms with E-state index in [1.54, 1.807) is 0 Å². The molecule has 0 N–H and O–H groups in total. The van der Waals surface area contributed by atoms with Crippen molar-refractivity contribution in [2.45, 2.75) is 85.2 Å². The molecule has 0 saturated carbocycles. The highest BCUT2D eigenvalue weighted by molar-refractivity contribution is 5.90. The summed E-state index contributed by atoms with van der Waals surface area (Å²) in [7, 11) is 0. The Balaban J connectivity index is 2.19. The number of esters is 1. The van der Waals surface area contributed by atoms with E-state index in [9.17, 15) is 4.79 Å². The van der Waals surface area contributed by atoms with Crippen molar-refractivity contribution in [3.05, 3.63) is 70.3 Å². The van der Waals surface area contributed by atoms with Gasteiger partial charge in [0.05, 0.1) is 5.56 Å². The molecule has 2 aromatic carbocycles. The van der Waals surface area contributed by atoms with E-state index in [4.69, 9.17) is 4.74 Å². The van der Waals surface area contributed by atoms with Gasteiger partial charge in [0.15, 0.2) is 0 Å². The number of benzene rings is 2. The molecule has 0 radical (unpaired) electrons. The molecule has 0 fully saturated rings. The van der Waals surface area contributed by atoms with Gasteiger partial charge in [0.1, 0.15) is 6.61 Å². The molecule has 0 amide bonds. The van der Waals surface area contributed by atoms with Gasteiger partial charge in [-0.3, -0.25) is 0 Å². The Kier molecular flexibility index (Phi) is 6.75. The van der Waals surface area contributed by atoms with Crippen LogP contribution < -0.4 is 0 Å². The molecular formula is C26H36O2. The van der Waals surface area contributed by atoms with Crippen molar-refractivity contribution >= 4 is 5.97 Å². The van der Waals surface area contributed by atoms with E-state index < -0.39 is 0 Å². The molecule has 0 saturated heterocycles. The predicted molar refractivity (Wildman–Crippen MR) is 118 cm³/mol. The molecule has 152 valence electrons. The summed E-state index contributed by atoms with van der Waals surface area (Å²) in [6.45, 7) is 17.7. The van der Waals surface area contributed by atoms with Crippen LogP contribution in [0.25, 0.3) is 0 Å². The maximum absolute atomic E-state index is 12.8. The third kappa shape index (κ3) is 5.70. The Bertz CT molecular complexity index is 770. The first-order chi connectivity index (χ1) is 12.9. The van der Waals surface area contributed by atoms with Crippen LogP contribution in [0.5, 0.6) is 0 Å². The van der Waals surface area contributed by atoms with Gasteiger partial charge in [-0.1, -0.05) is 85.7 Å². The van der Waals surface area contributed by atoms with Crippen molar-refractivity contribution in [2.24, 2.45) is 0 Å². The van der Waals surface area contributed by atoms with Gasteiger partial charge in [-0.2, -0.15) is 0 Å². The van der Waals surface area contributed by atoms with Gasteiger partial charge in [0, 0.05) is 0 Å². The van der Waals surface area contributed by atoms with Gasteiger partial charge < -0.3 is 4.74 Å². The first-order valence-corrected chi connectivity index (χ1v) is 10.3. The number of ether oxygens (including phenoxy) is 1. The zero-order chi connectivity index (χ0) is 21.1. The monoisotopic (exact) mass is 380 g/mol. The lowest BCUT2D eigenvalue weighted by Gasteiger charge is -2.25. The van der Waals surface area contributed by atoms with E-state index in [2.05, 4.69) is 85.7 Å². The summed E-state index contributed by atoms with van der Waals surface area (Å²) in [5, 5.41) is 0. The third-order valence-corrected chi connectivity index (χ3v) is 5.43. The average Bonchev–Trinajstić information content (AvgIpc) is 2.64. The summed E-state index contributed by atoms with van der Waals surface area (Å²) in [6.07, 6.45) is 1.12. The molecule has 1 atom stereocenters. The minimum absolute atomic E-state index is 0.0257. The van der Waals surface area contributed by atoms with Crippen molar-refractivity contribution in [3.63, 3.8) is 0 Å². The summed E-state index contributed by atoms with van der Waals surface area (Å²) in [5.74, 6) is 0.287. The fourth-order valence-corrected chi connectivity index (χ4v) is 3.02. The number of carbonyl (C=O) groups is 1. The molecule has 0 aliphatic rings. The second kappa shape index (κ2) is 8.51. The summed E-state index contributed by atoms with van der Waals surface area (Å²) in [4.78, 5) is 12.8. The Hall–Kier alpha value is -2.09. The van der Waals surface area contributed by atoms with Crippen LogP contribution in [0.1, 0.15) is 100 Å². The Morgan fingerprint density at radius 2 is 1.39 bits per heavy atom. The van der Waals surface area contributed by atoms with Gasteiger partial charge in [0.2, 0.25) is 0 Å². The summed E-state index contributed by atoms with van der Waals surface area (Å²) >= 11 is 0. The predicted octanol–water partition coefficient (Wildman–Crippen LogP) is 7.15. The van der Waals surface area contributed by atoms with Crippen LogP contribution in [-0.4, -0.2) is 5.97 Å². The minimum Gasteiger partial charge on any atom is -0.457 e. The van der Waals surface area contributed by atoms with Crippen LogP contribution in [0.2, 0.25) is 0 Å². The van der Waals surface area contributed by atoms with Crippen LogP contribution in [0, 0.1) is 0 Å². The maximum atomic E-state index is 12.8.